The molecule has 1 aliphatic rings. The Labute approximate surface area is 166 Å². The molecular formula is C17H23AsCl2N2O3. The van der Waals surface area contributed by atoms with Crippen molar-refractivity contribution < 1.29 is 14.7 Å². The van der Waals surface area contributed by atoms with E-state index in [1.807, 2.05) is 0 Å². The average molecular weight is 449 g/mol. The zero-order chi connectivity index (χ0) is 18.4. The summed E-state index contributed by atoms with van der Waals surface area (Å²) in [6, 6.07) is 4.42. The monoisotopic (exact) mass is 448 g/mol. The average Bonchev–Trinajstić information content (AvgIpc) is 2.61. The molecule has 25 heavy (non-hydrogen) atoms. The number of nitrogens with one attached hydrogen (secondary N) is 2. The van der Waals surface area contributed by atoms with E-state index in [2.05, 4.69) is 10.9 Å². The van der Waals surface area contributed by atoms with Crippen molar-refractivity contribution in [3.8, 4) is 0 Å². The fourth-order valence-electron chi connectivity index (χ4n) is 3.03. The van der Waals surface area contributed by atoms with Crippen LogP contribution in [-0.2, 0) is 4.79 Å². The Morgan fingerprint density at radius 2 is 1.84 bits per heavy atom. The number of carbonyl (C=O) groups excluding carboxylic acids is 2. The maximum atomic E-state index is 12.1. The van der Waals surface area contributed by atoms with Crippen molar-refractivity contribution in [2.24, 2.45) is 5.92 Å². The SMILES string of the molecule is O=C(NNC(=O)C(O)[C@H]([AsH2])CC1CCCCC1)c1ccc(Cl)c(Cl)c1. The molecule has 1 fully saturated rings. The molecule has 3 N–H and O–H groups in total. The van der Waals surface area contributed by atoms with Crippen molar-refractivity contribution in [3.05, 3.63) is 33.8 Å². The van der Waals surface area contributed by atoms with Gasteiger partial charge in [-0.25, -0.2) is 0 Å². The van der Waals surface area contributed by atoms with E-state index in [4.69, 9.17) is 23.2 Å². The molecule has 1 aromatic carbocycles. The summed E-state index contributed by atoms with van der Waals surface area (Å²) in [5.74, 6) is -0.540. The Morgan fingerprint density at radius 1 is 1.16 bits per heavy atom. The molecule has 0 bridgehead atoms. The molecule has 0 heterocycles. The molecule has 1 aliphatic carbocycles. The quantitative estimate of drug-likeness (QED) is 0.478. The van der Waals surface area contributed by atoms with Gasteiger partial charge in [-0.3, -0.25) is 0 Å². The van der Waals surface area contributed by atoms with Gasteiger partial charge in [0, 0.05) is 0 Å². The van der Waals surface area contributed by atoms with Crippen molar-refractivity contribution in [2.75, 3.05) is 0 Å². The van der Waals surface area contributed by atoms with Gasteiger partial charge in [0.25, 0.3) is 0 Å². The maximum absolute atomic E-state index is 12.1. The summed E-state index contributed by atoms with van der Waals surface area (Å²) >= 11 is 13.0. The van der Waals surface area contributed by atoms with Crippen LogP contribution in [0.4, 0.5) is 0 Å². The molecule has 3 atom stereocenters. The third-order valence-electron chi connectivity index (χ3n) is 4.49. The van der Waals surface area contributed by atoms with Crippen LogP contribution in [0.15, 0.2) is 18.2 Å². The standard InChI is InChI=1S/C17H23AsCl2N2O3/c18-12(8-10-4-2-1-3-5-10)15(23)17(25)22-21-16(24)11-6-7-13(19)14(20)9-11/h6-7,9-10,12,15,23H,1-5,8,18H2,(H,21,24)(H,22,25)/t12-,15?/m1/s1. The zero-order valence-electron chi connectivity index (χ0n) is 13.8. The van der Waals surface area contributed by atoms with Gasteiger partial charge in [0.1, 0.15) is 0 Å². The number of benzene rings is 1. The van der Waals surface area contributed by atoms with Crippen LogP contribution in [0, 0.1) is 5.92 Å². The number of carbonyl (C=O) groups is 2. The second-order valence-electron chi connectivity index (χ2n) is 6.42. The molecule has 2 unspecified atom stereocenters. The minimum absolute atomic E-state index is 0.0996. The van der Waals surface area contributed by atoms with E-state index in [9.17, 15) is 14.7 Å². The molecule has 0 aliphatic heterocycles. The first-order valence-corrected chi connectivity index (χ1v) is 10.5. The first kappa shape index (κ1) is 20.6. The van der Waals surface area contributed by atoms with E-state index in [1.54, 1.807) is 0 Å². The van der Waals surface area contributed by atoms with Crippen LogP contribution in [0.2, 0.25) is 14.8 Å². The van der Waals surface area contributed by atoms with E-state index in [1.165, 1.54) is 67.2 Å². The summed E-state index contributed by atoms with van der Waals surface area (Å²) in [6.45, 7) is 0. The minimum atomic E-state index is -1.13. The zero-order valence-corrected chi connectivity index (χ0v) is 17.7. The Hall–Kier alpha value is -0.742. The molecule has 2 rings (SSSR count). The molecule has 5 nitrogen and oxygen atoms in total. The molecule has 8 heteroatoms. The van der Waals surface area contributed by atoms with Gasteiger partial charge in [-0.15, -0.1) is 0 Å². The number of rotatable bonds is 5. The number of hydrogen-bond donors (Lipinski definition) is 3. The van der Waals surface area contributed by atoms with Crippen LogP contribution in [0.25, 0.3) is 0 Å². The van der Waals surface area contributed by atoms with Gasteiger partial charge in [0.2, 0.25) is 0 Å². The van der Waals surface area contributed by atoms with Crippen LogP contribution < -0.4 is 10.9 Å². The molecule has 138 valence electrons. The molecule has 2 amide bonds. The first-order valence-electron chi connectivity index (χ1n) is 8.37. The number of amides is 2. The van der Waals surface area contributed by atoms with E-state index < -0.39 is 17.9 Å². The van der Waals surface area contributed by atoms with E-state index in [0.717, 1.165) is 6.42 Å². The molecule has 1 saturated carbocycles. The van der Waals surface area contributed by atoms with Gasteiger partial charge in [0.05, 0.1) is 0 Å². The molecule has 0 saturated heterocycles. The summed E-state index contributed by atoms with van der Waals surface area (Å²) in [7, 11) is 0. The van der Waals surface area contributed by atoms with Crippen LogP contribution >= 0.6 is 23.2 Å². The number of hydrogen-bond acceptors (Lipinski definition) is 3. The fraction of sp³-hybridized carbons (Fsp3) is 0.529. The topological polar surface area (TPSA) is 78.4 Å². The predicted molar refractivity (Wildman–Crippen MR) is 102 cm³/mol. The van der Waals surface area contributed by atoms with Gasteiger partial charge >= 0.3 is 166 Å². The molecule has 0 radical (unpaired) electrons. The number of halogens is 2. The van der Waals surface area contributed by atoms with Crippen molar-refractivity contribution in [1.82, 2.24) is 10.9 Å². The van der Waals surface area contributed by atoms with Crippen LogP contribution in [-0.4, -0.2) is 39.9 Å². The third kappa shape index (κ3) is 6.17. The van der Waals surface area contributed by atoms with Gasteiger partial charge in [-0.05, 0) is 0 Å². The van der Waals surface area contributed by atoms with Gasteiger partial charge < -0.3 is 0 Å². The summed E-state index contributed by atoms with van der Waals surface area (Å²) in [4.78, 5) is 24.1. The van der Waals surface area contributed by atoms with E-state index in [0.29, 0.717) is 10.9 Å². The molecule has 0 spiro atoms. The first-order chi connectivity index (χ1) is 11.9. The Morgan fingerprint density at radius 3 is 2.48 bits per heavy atom. The van der Waals surface area contributed by atoms with Crippen molar-refractivity contribution in [3.63, 3.8) is 0 Å². The van der Waals surface area contributed by atoms with Gasteiger partial charge in [-0.1, -0.05) is 0 Å². The number of hydrazine groups is 1. The van der Waals surface area contributed by atoms with Gasteiger partial charge in [0.15, 0.2) is 0 Å². The van der Waals surface area contributed by atoms with Crippen LogP contribution in [0.1, 0.15) is 48.9 Å². The molecular weight excluding hydrogens is 426 g/mol. The number of aliphatic hydroxyl groups is 1. The normalized spacial score (nSPS) is 17.6. The molecule has 1 aromatic rings. The Balaban J connectivity index is 1.81. The molecule has 0 aromatic heterocycles. The predicted octanol–water partition coefficient (Wildman–Crippen LogP) is 2.51. The van der Waals surface area contributed by atoms with E-state index >= 15 is 0 Å². The van der Waals surface area contributed by atoms with Gasteiger partial charge in [-0.2, -0.15) is 0 Å². The second-order valence-corrected chi connectivity index (χ2v) is 9.03. The van der Waals surface area contributed by atoms with Crippen LogP contribution in [0.5, 0.6) is 0 Å². The Kier molecular flexibility index (Phi) is 8.08. The van der Waals surface area contributed by atoms with Crippen LogP contribution in [0.3, 0.4) is 0 Å². The van der Waals surface area contributed by atoms with Crippen molar-refractivity contribution in [1.29, 1.82) is 0 Å². The Bertz CT molecular complexity index is 624. The summed E-state index contributed by atoms with van der Waals surface area (Å²) < 4.78 is -0.0996. The second kappa shape index (κ2) is 9.82. The third-order valence-corrected chi connectivity index (χ3v) is 6.56. The van der Waals surface area contributed by atoms with Crippen molar-refractivity contribution >= 4 is 51.9 Å². The summed E-state index contributed by atoms with van der Waals surface area (Å²) in [6.07, 6.45) is 5.79. The summed E-state index contributed by atoms with van der Waals surface area (Å²) in [5, 5.41) is 10.8. The summed E-state index contributed by atoms with van der Waals surface area (Å²) in [5.41, 5.74) is 4.84. The van der Waals surface area contributed by atoms with Crippen molar-refractivity contribution in [2.45, 2.75) is 49.3 Å². The number of aliphatic hydroxyl groups excluding tert-OH is 1. The fourth-order valence-corrected chi connectivity index (χ4v) is 4.51. The van der Waals surface area contributed by atoms with E-state index in [-0.39, 0.29) is 15.3 Å².